The smallest absolute Gasteiger partial charge is 0.315 e. The largest absolute Gasteiger partial charge is 0.468 e. The highest BCUT2D eigenvalue weighted by Gasteiger charge is 2.42. The van der Waals surface area contributed by atoms with Gasteiger partial charge in [-0.05, 0) is 13.0 Å². The second kappa shape index (κ2) is 4.62. The summed E-state index contributed by atoms with van der Waals surface area (Å²) in [5, 5.41) is 2.94. The van der Waals surface area contributed by atoms with Gasteiger partial charge in [0.25, 0.3) is 0 Å². The van der Waals surface area contributed by atoms with E-state index in [9.17, 15) is 9.18 Å². The Labute approximate surface area is 77.1 Å². The summed E-state index contributed by atoms with van der Waals surface area (Å²) < 4.78 is 17.0. The maximum atomic E-state index is 12.4. The standard InChI is InChI=1S/C7H12FNO2.ClH/c1-11-6(10)7(4-8)2-3-9-5-7;/h9H,2-5H2,1H3;1H. The van der Waals surface area contributed by atoms with Crippen molar-refractivity contribution in [3.8, 4) is 0 Å². The van der Waals surface area contributed by atoms with Crippen molar-refractivity contribution >= 4 is 18.4 Å². The van der Waals surface area contributed by atoms with Crippen molar-refractivity contribution in [3.63, 3.8) is 0 Å². The third kappa shape index (κ3) is 1.87. The Balaban J connectivity index is 0.00000121. The maximum Gasteiger partial charge on any atom is 0.315 e. The van der Waals surface area contributed by atoms with Crippen LogP contribution in [0.4, 0.5) is 4.39 Å². The van der Waals surface area contributed by atoms with Crippen molar-refractivity contribution in [1.82, 2.24) is 5.32 Å². The van der Waals surface area contributed by atoms with Crippen LogP contribution in [0.3, 0.4) is 0 Å². The van der Waals surface area contributed by atoms with Crippen LogP contribution in [-0.4, -0.2) is 32.8 Å². The minimum Gasteiger partial charge on any atom is -0.468 e. The van der Waals surface area contributed by atoms with Crippen molar-refractivity contribution in [2.24, 2.45) is 5.41 Å². The van der Waals surface area contributed by atoms with Crippen LogP contribution in [0.15, 0.2) is 0 Å². The van der Waals surface area contributed by atoms with E-state index in [0.29, 0.717) is 19.5 Å². The fourth-order valence-corrected chi connectivity index (χ4v) is 1.30. The lowest BCUT2D eigenvalue weighted by Crippen LogP contribution is -2.36. The fraction of sp³-hybridized carbons (Fsp3) is 0.857. The lowest BCUT2D eigenvalue weighted by molar-refractivity contribution is -0.152. The zero-order valence-electron chi connectivity index (χ0n) is 6.93. The molecule has 1 aliphatic heterocycles. The second-order valence-corrected chi connectivity index (χ2v) is 2.83. The predicted molar refractivity (Wildman–Crippen MR) is 45.2 cm³/mol. The van der Waals surface area contributed by atoms with Gasteiger partial charge in [-0.3, -0.25) is 4.79 Å². The molecule has 0 aromatic rings. The molecule has 0 aromatic carbocycles. The van der Waals surface area contributed by atoms with E-state index in [1.54, 1.807) is 0 Å². The van der Waals surface area contributed by atoms with Gasteiger partial charge in [-0.2, -0.15) is 0 Å². The number of carbonyl (C=O) groups is 1. The summed E-state index contributed by atoms with van der Waals surface area (Å²) in [6, 6.07) is 0. The number of carbonyl (C=O) groups excluding carboxylic acids is 1. The number of halogens is 2. The number of hydrogen-bond acceptors (Lipinski definition) is 3. The summed E-state index contributed by atoms with van der Waals surface area (Å²) in [6.45, 7) is 0.460. The normalized spacial score (nSPS) is 27.8. The first kappa shape index (κ1) is 11.6. The Morgan fingerprint density at radius 3 is 2.75 bits per heavy atom. The zero-order valence-corrected chi connectivity index (χ0v) is 7.75. The average molecular weight is 198 g/mol. The molecule has 1 unspecified atom stereocenters. The van der Waals surface area contributed by atoms with Crippen LogP contribution in [0.2, 0.25) is 0 Å². The van der Waals surface area contributed by atoms with Crippen LogP contribution in [0.5, 0.6) is 0 Å². The monoisotopic (exact) mass is 197 g/mol. The molecule has 1 N–H and O–H groups in total. The van der Waals surface area contributed by atoms with Crippen molar-refractivity contribution in [2.75, 3.05) is 26.9 Å². The van der Waals surface area contributed by atoms with Gasteiger partial charge < -0.3 is 10.1 Å². The van der Waals surface area contributed by atoms with Gasteiger partial charge in [0.1, 0.15) is 12.1 Å². The lowest BCUT2D eigenvalue weighted by atomic mass is 9.89. The quantitative estimate of drug-likeness (QED) is 0.657. The Morgan fingerprint density at radius 2 is 2.42 bits per heavy atom. The van der Waals surface area contributed by atoms with E-state index in [4.69, 9.17) is 0 Å². The van der Waals surface area contributed by atoms with Gasteiger partial charge in [-0.1, -0.05) is 0 Å². The van der Waals surface area contributed by atoms with Crippen LogP contribution >= 0.6 is 12.4 Å². The van der Waals surface area contributed by atoms with Crippen molar-refractivity contribution in [3.05, 3.63) is 0 Å². The summed E-state index contributed by atoms with van der Waals surface area (Å²) >= 11 is 0. The van der Waals surface area contributed by atoms with Crippen LogP contribution in [0, 0.1) is 5.41 Å². The van der Waals surface area contributed by atoms with E-state index >= 15 is 0 Å². The molecule has 0 aliphatic carbocycles. The summed E-state index contributed by atoms with van der Waals surface area (Å²) in [7, 11) is 1.29. The first-order valence-corrected chi connectivity index (χ1v) is 3.60. The second-order valence-electron chi connectivity index (χ2n) is 2.83. The minimum absolute atomic E-state index is 0. The van der Waals surface area contributed by atoms with Gasteiger partial charge in [0.05, 0.1) is 7.11 Å². The topological polar surface area (TPSA) is 38.3 Å². The highest BCUT2D eigenvalue weighted by atomic mass is 35.5. The SMILES string of the molecule is COC(=O)C1(CF)CCNC1.Cl. The molecule has 0 aromatic heterocycles. The summed E-state index contributed by atoms with van der Waals surface area (Å²) in [5.74, 6) is -0.440. The molecular weight excluding hydrogens is 185 g/mol. The molecule has 1 rings (SSSR count). The first-order valence-electron chi connectivity index (χ1n) is 3.60. The van der Waals surface area contributed by atoms with Crippen molar-refractivity contribution in [2.45, 2.75) is 6.42 Å². The number of ether oxygens (including phenoxy) is 1. The first-order chi connectivity index (χ1) is 5.25. The molecule has 1 saturated heterocycles. The molecule has 1 atom stereocenters. The van der Waals surface area contributed by atoms with Gasteiger partial charge in [0.15, 0.2) is 0 Å². The highest BCUT2D eigenvalue weighted by molar-refractivity contribution is 5.85. The Kier molecular flexibility index (Phi) is 4.49. The Morgan fingerprint density at radius 1 is 1.75 bits per heavy atom. The van der Waals surface area contributed by atoms with E-state index in [-0.39, 0.29) is 12.4 Å². The number of methoxy groups -OCH3 is 1. The third-order valence-electron chi connectivity index (χ3n) is 2.12. The van der Waals surface area contributed by atoms with Crippen LogP contribution < -0.4 is 5.32 Å². The number of alkyl halides is 1. The molecule has 1 fully saturated rings. The van der Waals surface area contributed by atoms with E-state index in [1.165, 1.54) is 7.11 Å². The van der Waals surface area contributed by atoms with E-state index in [0.717, 1.165) is 0 Å². The van der Waals surface area contributed by atoms with Gasteiger partial charge in [0, 0.05) is 6.54 Å². The summed E-state index contributed by atoms with van der Waals surface area (Å²) in [6.07, 6.45) is 0.538. The Bertz CT molecular complexity index is 159. The van der Waals surface area contributed by atoms with E-state index in [2.05, 4.69) is 10.1 Å². The van der Waals surface area contributed by atoms with Crippen LogP contribution in [-0.2, 0) is 9.53 Å². The highest BCUT2D eigenvalue weighted by Crippen LogP contribution is 2.27. The predicted octanol–water partition coefficient (Wildman–Crippen LogP) is 0.530. The molecule has 12 heavy (non-hydrogen) atoms. The third-order valence-corrected chi connectivity index (χ3v) is 2.12. The molecule has 0 radical (unpaired) electrons. The molecule has 1 heterocycles. The molecule has 0 saturated carbocycles. The minimum atomic E-state index is -0.894. The summed E-state index contributed by atoms with van der Waals surface area (Å²) in [5.41, 5.74) is -0.894. The van der Waals surface area contributed by atoms with Gasteiger partial charge in [-0.25, -0.2) is 4.39 Å². The van der Waals surface area contributed by atoms with E-state index < -0.39 is 18.1 Å². The van der Waals surface area contributed by atoms with Crippen molar-refractivity contribution in [1.29, 1.82) is 0 Å². The maximum absolute atomic E-state index is 12.4. The fourth-order valence-electron chi connectivity index (χ4n) is 1.30. The molecule has 0 amide bonds. The molecular formula is C7H13ClFNO2. The number of rotatable bonds is 2. The molecule has 1 aliphatic rings. The zero-order chi connectivity index (χ0) is 8.32. The van der Waals surface area contributed by atoms with Gasteiger partial charge >= 0.3 is 5.97 Å². The average Bonchev–Trinajstić information content (AvgIpc) is 2.52. The van der Waals surface area contributed by atoms with Crippen molar-refractivity contribution < 1.29 is 13.9 Å². The summed E-state index contributed by atoms with van der Waals surface area (Å²) in [4.78, 5) is 11.1. The van der Waals surface area contributed by atoms with Crippen LogP contribution in [0.25, 0.3) is 0 Å². The van der Waals surface area contributed by atoms with Gasteiger partial charge in [0.2, 0.25) is 0 Å². The molecule has 5 heteroatoms. The lowest BCUT2D eigenvalue weighted by Gasteiger charge is -2.20. The van der Waals surface area contributed by atoms with Gasteiger partial charge in [-0.15, -0.1) is 12.4 Å². The van der Waals surface area contributed by atoms with E-state index in [1.807, 2.05) is 0 Å². The Hall–Kier alpha value is -0.350. The van der Waals surface area contributed by atoms with Crippen LogP contribution in [0.1, 0.15) is 6.42 Å². The number of hydrogen-bond donors (Lipinski definition) is 1. The molecule has 72 valence electrons. The number of esters is 1. The molecule has 0 bridgehead atoms. The number of nitrogens with one attached hydrogen (secondary N) is 1. The molecule has 0 spiro atoms. The molecule has 3 nitrogen and oxygen atoms in total.